The van der Waals surface area contributed by atoms with Crippen molar-refractivity contribution in [2.45, 2.75) is 20.8 Å². The van der Waals surface area contributed by atoms with Crippen LogP contribution in [0.3, 0.4) is 0 Å². The molecule has 5 rings (SSSR count). The molecule has 3 aromatic carbocycles. The van der Waals surface area contributed by atoms with E-state index in [0.717, 1.165) is 77.4 Å². The number of furan rings is 1. The van der Waals surface area contributed by atoms with Crippen molar-refractivity contribution in [3.8, 4) is 16.9 Å². The summed E-state index contributed by atoms with van der Waals surface area (Å²) in [7, 11) is 0. The van der Waals surface area contributed by atoms with Gasteiger partial charge >= 0.3 is 0 Å². The van der Waals surface area contributed by atoms with Crippen LogP contribution in [0.4, 0.5) is 0 Å². The van der Waals surface area contributed by atoms with Gasteiger partial charge in [0.2, 0.25) is 5.91 Å². The third kappa shape index (κ3) is 5.26. The topological polar surface area (TPSA) is 63.9 Å². The van der Waals surface area contributed by atoms with Crippen molar-refractivity contribution >= 4 is 33.2 Å². The number of morpholine rings is 1. The van der Waals surface area contributed by atoms with Gasteiger partial charge in [0.05, 0.1) is 26.1 Å². The second-order valence-corrected chi connectivity index (χ2v) is 9.44. The highest BCUT2D eigenvalue weighted by Gasteiger charge is 2.20. The van der Waals surface area contributed by atoms with Crippen molar-refractivity contribution in [2.24, 2.45) is 0 Å². The fourth-order valence-corrected chi connectivity index (χ4v) is 5.10. The Morgan fingerprint density at radius 1 is 1.08 bits per heavy atom. The first-order chi connectivity index (χ1) is 18.1. The Labute approximate surface area is 217 Å². The third-order valence-electron chi connectivity index (χ3n) is 7.02. The Balaban J connectivity index is 1.48. The van der Waals surface area contributed by atoms with Crippen molar-refractivity contribution in [1.29, 1.82) is 0 Å². The number of hydrogen-bond acceptors (Lipinski definition) is 5. The van der Waals surface area contributed by atoms with Crippen LogP contribution >= 0.6 is 0 Å². The van der Waals surface area contributed by atoms with Gasteiger partial charge in [-0.25, -0.2) is 0 Å². The van der Waals surface area contributed by atoms with E-state index in [-0.39, 0.29) is 5.91 Å². The quantitative estimate of drug-likeness (QED) is 0.311. The molecule has 0 aliphatic carbocycles. The average Bonchev–Trinajstić information content (AvgIpc) is 3.34. The summed E-state index contributed by atoms with van der Waals surface area (Å²) in [5.41, 5.74) is 5.63. The van der Waals surface area contributed by atoms with Crippen molar-refractivity contribution in [2.75, 3.05) is 46.0 Å². The molecule has 0 radical (unpaired) electrons. The molecule has 1 saturated heterocycles. The maximum Gasteiger partial charge on any atom is 0.244 e. The van der Waals surface area contributed by atoms with E-state index in [2.05, 4.69) is 58.7 Å². The van der Waals surface area contributed by atoms with E-state index in [1.807, 2.05) is 27.0 Å². The molecular formula is C31H34N2O4. The molecule has 0 bridgehead atoms. The summed E-state index contributed by atoms with van der Waals surface area (Å²) >= 11 is 0. The molecule has 1 N–H and O–H groups in total. The molecule has 1 aromatic heterocycles. The highest BCUT2D eigenvalue weighted by atomic mass is 16.5. The first-order valence-corrected chi connectivity index (χ1v) is 13.0. The number of carbonyl (C=O) groups is 1. The zero-order valence-electron chi connectivity index (χ0n) is 21.8. The molecule has 6 heteroatoms. The number of hydrogen-bond donors (Lipinski definition) is 1. The molecule has 1 amide bonds. The minimum Gasteiger partial charge on any atom is -0.493 e. The third-order valence-corrected chi connectivity index (χ3v) is 7.02. The van der Waals surface area contributed by atoms with Crippen LogP contribution < -0.4 is 10.1 Å². The molecule has 1 aliphatic rings. The second kappa shape index (κ2) is 11.2. The van der Waals surface area contributed by atoms with Gasteiger partial charge in [0.15, 0.2) is 0 Å². The molecule has 4 aromatic rings. The largest absolute Gasteiger partial charge is 0.493 e. The first-order valence-electron chi connectivity index (χ1n) is 13.0. The van der Waals surface area contributed by atoms with Crippen molar-refractivity contribution in [3.63, 3.8) is 0 Å². The van der Waals surface area contributed by atoms with Crippen LogP contribution in [-0.4, -0.2) is 56.8 Å². The van der Waals surface area contributed by atoms with Crippen molar-refractivity contribution in [1.82, 2.24) is 10.2 Å². The average molecular weight is 499 g/mol. The first kappa shape index (κ1) is 25.1. The second-order valence-electron chi connectivity index (χ2n) is 9.44. The molecule has 1 fully saturated rings. The Bertz CT molecular complexity index is 1440. The normalized spacial score (nSPS) is 14.8. The fraction of sp³-hybridized carbons (Fsp3) is 0.323. The summed E-state index contributed by atoms with van der Waals surface area (Å²) in [5.74, 6) is 0.649. The van der Waals surface area contributed by atoms with Gasteiger partial charge in [0.25, 0.3) is 0 Å². The zero-order chi connectivity index (χ0) is 25.8. The fourth-order valence-electron chi connectivity index (χ4n) is 5.10. The van der Waals surface area contributed by atoms with Crippen LogP contribution in [0.25, 0.3) is 38.4 Å². The SMILES string of the molecule is CCOc1c(/C(C)=C/C(=O)NCCN2CCOCC2)cc2c(-c3cccc4ccccc34)coc2c1C. The minimum absolute atomic E-state index is 0.104. The molecule has 192 valence electrons. The van der Waals surface area contributed by atoms with Gasteiger partial charge in [0.1, 0.15) is 11.3 Å². The lowest BCUT2D eigenvalue weighted by Gasteiger charge is -2.26. The van der Waals surface area contributed by atoms with Crippen LogP contribution in [-0.2, 0) is 9.53 Å². The lowest BCUT2D eigenvalue weighted by atomic mass is 9.94. The van der Waals surface area contributed by atoms with Crippen LogP contribution in [0.2, 0.25) is 0 Å². The van der Waals surface area contributed by atoms with Gasteiger partial charge in [-0.05, 0) is 48.7 Å². The van der Waals surface area contributed by atoms with Crippen LogP contribution in [0.1, 0.15) is 25.0 Å². The summed E-state index contributed by atoms with van der Waals surface area (Å²) in [4.78, 5) is 15.1. The maximum absolute atomic E-state index is 12.8. The molecule has 37 heavy (non-hydrogen) atoms. The highest BCUT2D eigenvalue weighted by Crippen LogP contribution is 2.42. The Morgan fingerprint density at radius 3 is 2.68 bits per heavy atom. The Kier molecular flexibility index (Phi) is 7.58. The smallest absolute Gasteiger partial charge is 0.244 e. The van der Waals surface area contributed by atoms with Gasteiger partial charge in [0, 0.05) is 54.3 Å². The number of benzene rings is 3. The zero-order valence-corrected chi connectivity index (χ0v) is 21.8. The van der Waals surface area contributed by atoms with Gasteiger partial charge in [-0.1, -0.05) is 42.5 Å². The van der Waals surface area contributed by atoms with Crippen LogP contribution in [0.15, 0.2) is 65.3 Å². The molecule has 1 aliphatic heterocycles. The minimum atomic E-state index is -0.104. The van der Waals surface area contributed by atoms with E-state index >= 15 is 0 Å². The molecule has 0 saturated carbocycles. The number of rotatable bonds is 8. The number of carbonyl (C=O) groups excluding carboxylic acids is 1. The van der Waals surface area contributed by atoms with Gasteiger partial charge in [-0.2, -0.15) is 0 Å². The number of nitrogens with zero attached hydrogens (tertiary/aromatic N) is 1. The number of amides is 1. The number of aryl methyl sites for hydroxylation is 1. The van der Waals surface area contributed by atoms with Crippen molar-refractivity contribution < 1.29 is 18.7 Å². The molecule has 2 heterocycles. The van der Waals surface area contributed by atoms with Gasteiger partial charge in [-0.15, -0.1) is 0 Å². The van der Waals surface area contributed by atoms with E-state index < -0.39 is 0 Å². The molecule has 0 unspecified atom stereocenters. The summed E-state index contributed by atoms with van der Waals surface area (Å²) in [6.07, 6.45) is 3.50. The van der Waals surface area contributed by atoms with Crippen molar-refractivity contribution in [3.05, 3.63) is 72.0 Å². The lowest BCUT2D eigenvalue weighted by molar-refractivity contribution is -0.116. The Hall–Kier alpha value is -3.61. The van der Waals surface area contributed by atoms with Gasteiger partial charge in [-0.3, -0.25) is 9.69 Å². The van der Waals surface area contributed by atoms with Crippen LogP contribution in [0, 0.1) is 6.92 Å². The van der Waals surface area contributed by atoms with Gasteiger partial charge < -0.3 is 19.2 Å². The number of nitrogens with one attached hydrogen (secondary N) is 1. The predicted octanol–water partition coefficient (Wildman–Crippen LogP) is 5.81. The molecular weight excluding hydrogens is 464 g/mol. The molecule has 0 spiro atoms. The number of fused-ring (bicyclic) bond motifs is 2. The monoisotopic (exact) mass is 498 g/mol. The highest BCUT2D eigenvalue weighted by molar-refractivity contribution is 6.07. The number of ether oxygens (including phenoxy) is 2. The lowest BCUT2D eigenvalue weighted by Crippen LogP contribution is -2.41. The van der Waals surface area contributed by atoms with E-state index in [4.69, 9.17) is 13.9 Å². The summed E-state index contributed by atoms with van der Waals surface area (Å²) in [6, 6.07) is 16.8. The van der Waals surface area contributed by atoms with E-state index in [1.165, 1.54) is 10.8 Å². The standard InChI is InChI=1S/C31H34N2O4/c1-4-36-30-22(3)31-27(28(20-37-31)25-11-7-9-23-8-5-6-10-24(23)25)19-26(30)21(2)18-29(34)32-12-13-33-14-16-35-17-15-33/h5-11,18-20H,4,12-17H2,1-3H3,(H,32,34)/b21-18+. The van der Waals surface area contributed by atoms with Crippen LogP contribution in [0.5, 0.6) is 5.75 Å². The van der Waals surface area contributed by atoms with E-state index in [1.54, 1.807) is 6.08 Å². The summed E-state index contributed by atoms with van der Waals surface area (Å²) < 4.78 is 17.6. The maximum atomic E-state index is 12.8. The number of allylic oxidation sites excluding steroid dienone is 1. The summed E-state index contributed by atoms with van der Waals surface area (Å²) in [6.45, 7) is 11.2. The Morgan fingerprint density at radius 2 is 1.86 bits per heavy atom. The predicted molar refractivity (Wildman–Crippen MR) is 149 cm³/mol. The molecule has 6 nitrogen and oxygen atoms in total. The summed E-state index contributed by atoms with van der Waals surface area (Å²) in [5, 5.41) is 6.39. The van der Waals surface area contributed by atoms with E-state index in [0.29, 0.717) is 13.2 Å². The molecule has 0 atom stereocenters. The van der Waals surface area contributed by atoms with E-state index in [9.17, 15) is 4.79 Å².